The zero-order valence-corrected chi connectivity index (χ0v) is 21.9. The molecule has 37 heavy (non-hydrogen) atoms. The van der Waals surface area contributed by atoms with Gasteiger partial charge in [-0.2, -0.15) is 8.75 Å². The molecule has 1 aliphatic heterocycles. The Bertz CT molecular complexity index is 1260. The van der Waals surface area contributed by atoms with Crippen LogP contribution >= 0.6 is 11.7 Å². The number of carbonyl (C=O) groups is 2. The van der Waals surface area contributed by atoms with Gasteiger partial charge in [0.25, 0.3) is 5.79 Å². The van der Waals surface area contributed by atoms with E-state index in [4.69, 9.17) is 4.74 Å². The molecular formula is C30H34N2O4S. The van der Waals surface area contributed by atoms with Crippen LogP contribution in [0, 0.1) is 11.8 Å². The summed E-state index contributed by atoms with van der Waals surface area (Å²) in [6, 6.07) is 14.8. The molecule has 194 valence electrons. The van der Waals surface area contributed by atoms with Crippen molar-refractivity contribution < 1.29 is 19.4 Å². The van der Waals surface area contributed by atoms with Gasteiger partial charge in [-0.05, 0) is 42.9 Å². The Hall–Kier alpha value is -2.90. The van der Waals surface area contributed by atoms with Crippen molar-refractivity contribution >= 4 is 40.6 Å². The first-order valence-corrected chi connectivity index (χ1v) is 14.2. The molecule has 1 N–H and O–H groups in total. The van der Waals surface area contributed by atoms with Crippen LogP contribution in [0.3, 0.4) is 0 Å². The Balaban J connectivity index is 0.000000301. The predicted octanol–water partition coefficient (Wildman–Crippen LogP) is 6.58. The van der Waals surface area contributed by atoms with E-state index in [1.807, 2.05) is 48.5 Å². The lowest BCUT2D eigenvalue weighted by Gasteiger charge is -2.29. The van der Waals surface area contributed by atoms with Gasteiger partial charge in [0.05, 0.1) is 17.3 Å². The number of aliphatic hydroxyl groups is 1. The lowest BCUT2D eigenvalue weighted by atomic mass is 9.80. The number of aromatic nitrogens is 2. The summed E-state index contributed by atoms with van der Waals surface area (Å²) in [5.74, 6) is -1.35. The maximum Gasteiger partial charge on any atom is 0.341 e. The first-order chi connectivity index (χ1) is 18.1. The minimum absolute atomic E-state index is 0.406. The number of esters is 1. The van der Waals surface area contributed by atoms with Gasteiger partial charge in [-0.25, -0.2) is 4.79 Å². The lowest BCUT2D eigenvalue weighted by molar-refractivity contribution is -0.185. The molecule has 2 heterocycles. The van der Waals surface area contributed by atoms with Gasteiger partial charge in [0, 0.05) is 17.1 Å². The van der Waals surface area contributed by atoms with Crippen molar-refractivity contribution in [3.63, 3.8) is 0 Å². The van der Waals surface area contributed by atoms with E-state index >= 15 is 0 Å². The Morgan fingerprint density at radius 3 is 2.27 bits per heavy atom. The Labute approximate surface area is 222 Å². The number of carbonyl (C=O) groups excluding carboxylic acids is 2. The average molecular weight is 519 g/mol. The molecule has 3 aliphatic rings. The van der Waals surface area contributed by atoms with E-state index in [0.29, 0.717) is 35.0 Å². The van der Waals surface area contributed by atoms with E-state index in [1.165, 1.54) is 38.5 Å². The summed E-state index contributed by atoms with van der Waals surface area (Å²) in [6.07, 6.45) is 13.8. The third-order valence-corrected chi connectivity index (χ3v) is 8.48. The van der Waals surface area contributed by atoms with Crippen LogP contribution in [-0.4, -0.2) is 26.1 Å². The van der Waals surface area contributed by atoms with Gasteiger partial charge < -0.3 is 14.6 Å². The highest BCUT2D eigenvalue weighted by Gasteiger charge is 2.48. The summed E-state index contributed by atoms with van der Waals surface area (Å²) in [7, 11) is 0. The molecular weight excluding hydrogens is 484 g/mol. The SMILES string of the molecule is O=C1OC(O)(c2ccccc2)C(CC2CCCCC2)=C1c1ccc2nsnc2c1.O=CC1CCCCC1. The standard InChI is InChI=1S/C23H22N2O3S.C7H12O/c26-22-21(16-11-12-19-20(14-16)25-29-24-19)18(13-15-7-3-1-4-8-15)23(27,28-22)17-9-5-2-6-10-17;8-6-7-4-2-1-3-5-7/h2,5-6,9-12,14-15,27H,1,3-4,7-8,13H2;6-7H,1-5H2. The van der Waals surface area contributed by atoms with Gasteiger partial charge in [-0.1, -0.05) is 87.8 Å². The number of cyclic esters (lactones) is 1. The Morgan fingerprint density at radius 2 is 1.59 bits per heavy atom. The summed E-state index contributed by atoms with van der Waals surface area (Å²) in [4.78, 5) is 23.2. The van der Waals surface area contributed by atoms with Crippen molar-refractivity contribution in [3.05, 3.63) is 65.2 Å². The van der Waals surface area contributed by atoms with Crippen LogP contribution in [0.2, 0.25) is 0 Å². The molecule has 0 radical (unpaired) electrons. The molecule has 6 rings (SSSR count). The van der Waals surface area contributed by atoms with Crippen LogP contribution in [0.25, 0.3) is 16.6 Å². The zero-order valence-electron chi connectivity index (χ0n) is 21.1. The highest BCUT2D eigenvalue weighted by molar-refractivity contribution is 7.00. The minimum Gasteiger partial charge on any atom is -0.421 e. The van der Waals surface area contributed by atoms with Crippen molar-refractivity contribution in [3.8, 4) is 0 Å². The Kier molecular flexibility index (Phi) is 8.11. The van der Waals surface area contributed by atoms with Gasteiger partial charge >= 0.3 is 5.97 Å². The number of ether oxygens (including phenoxy) is 1. The van der Waals surface area contributed by atoms with E-state index in [1.54, 1.807) is 0 Å². The maximum atomic E-state index is 13.0. The van der Waals surface area contributed by atoms with E-state index in [0.717, 1.165) is 60.3 Å². The number of benzene rings is 2. The molecule has 2 aliphatic carbocycles. The Morgan fingerprint density at radius 1 is 0.919 bits per heavy atom. The second-order valence-corrected chi connectivity index (χ2v) is 11.0. The zero-order chi connectivity index (χ0) is 25.7. The predicted molar refractivity (Wildman–Crippen MR) is 145 cm³/mol. The van der Waals surface area contributed by atoms with Crippen LogP contribution in [0.4, 0.5) is 0 Å². The van der Waals surface area contributed by atoms with Gasteiger partial charge in [0.2, 0.25) is 0 Å². The van der Waals surface area contributed by atoms with Crippen LogP contribution in [0.5, 0.6) is 0 Å². The topological polar surface area (TPSA) is 89.4 Å². The highest BCUT2D eigenvalue weighted by Crippen LogP contribution is 2.47. The molecule has 0 amide bonds. The highest BCUT2D eigenvalue weighted by atomic mass is 32.1. The lowest BCUT2D eigenvalue weighted by Crippen LogP contribution is -2.30. The molecule has 7 heteroatoms. The molecule has 0 saturated heterocycles. The number of fused-ring (bicyclic) bond motifs is 1. The smallest absolute Gasteiger partial charge is 0.341 e. The normalized spacial score (nSPS) is 23.0. The number of nitrogens with zero attached hydrogens (tertiary/aromatic N) is 2. The molecule has 3 aromatic rings. The molecule has 2 saturated carbocycles. The fourth-order valence-corrected chi connectivity index (χ4v) is 6.37. The quantitative estimate of drug-likeness (QED) is 0.303. The summed E-state index contributed by atoms with van der Waals surface area (Å²) >= 11 is 1.15. The number of hydrogen-bond acceptors (Lipinski definition) is 7. The van der Waals surface area contributed by atoms with E-state index in [2.05, 4.69) is 8.75 Å². The molecule has 1 atom stereocenters. The number of rotatable bonds is 5. The summed E-state index contributed by atoms with van der Waals surface area (Å²) in [5.41, 5.74) is 4.01. The monoisotopic (exact) mass is 518 g/mol. The fourth-order valence-electron chi connectivity index (χ4n) is 5.86. The van der Waals surface area contributed by atoms with Crippen molar-refractivity contribution in [1.29, 1.82) is 0 Å². The van der Waals surface area contributed by atoms with Crippen molar-refractivity contribution in [2.45, 2.75) is 76.4 Å². The van der Waals surface area contributed by atoms with Gasteiger partial charge in [0.1, 0.15) is 17.3 Å². The molecule has 0 spiro atoms. The van der Waals surface area contributed by atoms with E-state index < -0.39 is 11.8 Å². The van der Waals surface area contributed by atoms with Crippen LogP contribution in [0.1, 0.15) is 81.8 Å². The van der Waals surface area contributed by atoms with Crippen molar-refractivity contribution in [2.24, 2.45) is 11.8 Å². The molecule has 0 bridgehead atoms. The summed E-state index contributed by atoms with van der Waals surface area (Å²) in [5, 5.41) is 11.6. The fraction of sp³-hybridized carbons (Fsp3) is 0.467. The largest absolute Gasteiger partial charge is 0.421 e. The average Bonchev–Trinajstić information content (AvgIpc) is 3.52. The molecule has 1 unspecified atom stereocenters. The van der Waals surface area contributed by atoms with Gasteiger partial charge in [-0.3, -0.25) is 0 Å². The van der Waals surface area contributed by atoms with E-state index in [-0.39, 0.29) is 0 Å². The van der Waals surface area contributed by atoms with Gasteiger partial charge in [-0.15, -0.1) is 0 Å². The molecule has 6 nitrogen and oxygen atoms in total. The second kappa shape index (κ2) is 11.7. The first kappa shape index (κ1) is 25.7. The maximum absolute atomic E-state index is 13.0. The van der Waals surface area contributed by atoms with Crippen molar-refractivity contribution in [1.82, 2.24) is 8.75 Å². The summed E-state index contributed by atoms with van der Waals surface area (Å²) in [6.45, 7) is 0. The van der Waals surface area contributed by atoms with Crippen LogP contribution in [-0.2, 0) is 20.1 Å². The van der Waals surface area contributed by atoms with Gasteiger partial charge in [0.15, 0.2) is 0 Å². The first-order valence-electron chi connectivity index (χ1n) is 13.5. The summed E-state index contributed by atoms with van der Waals surface area (Å²) < 4.78 is 14.2. The third-order valence-electron chi connectivity index (χ3n) is 7.92. The van der Waals surface area contributed by atoms with E-state index in [9.17, 15) is 14.7 Å². The second-order valence-electron chi connectivity index (χ2n) is 10.5. The molecule has 2 fully saturated rings. The number of hydrogen-bond donors (Lipinski definition) is 1. The minimum atomic E-state index is -1.72. The van der Waals surface area contributed by atoms with Crippen LogP contribution in [0.15, 0.2) is 54.1 Å². The van der Waals surface area contributed by atoms with Crippen LogP contribution < -0.4 is 0 Å². The molecule has 1 aromatic heterocycles. The molecule has 2 aromatic carbocycles. The number of aldehydes is 1. The van der Waals surface area contributed by atoms with Crippen molar-refractivity contribution in [2.75, 3.05) is 0 Å². The third kappa shape index (κ3) is 5.68.